The van der Waals surface area contributed by atoms with Crippen molar-refractivity contribution in [2.75, 3.05) is 6.61 Å². The van der Waals surface area contributed by atoms with Crippen molar-refractivity contribution in [2.24, 2.45) is 5.92 Å². The highest BCUT2D eigenvalue weighted by Gasteiger charge is 2.38. The lowest BCUT2D eigenvalue weighted by atomic mass is 9.85. The molecule has 1 fully saturated rings. The number of hydrogen-bond donors (Lipinski definition) is 1. The molecule has 2 rings (SSSR count). The second-order valence-corrected chi connectivity index (χ2v) is 5.25. The van der Waals surface area contributed by atoms with Gasteiger partial charge in [0.15, 0.2) is 0 Å². The predicted molar refractivity (Wildman–Crippen MR) is 73.3 cm³/mol. The molecule has 1 aromatic carbocycles. The fourth-order valence-electron chi connectivity index (χ4n) is 2.36. The third-order valence-corrected chi connectivity index (χ3v) is 3.49. The van der Waals surface area contributed by atoms with E-state index in [2.05, 4.69) is 32.1 Å². The van der Waals surface area contributed by atoms with Crippen LogP contribution in [0.4, 0.5) is 0 Å². The van der Waals surface area contributed by atoms with Crippen LogP contribution in [0.25, 0.3) is 0 Å². The van der Waals surface area contributed by atoms with Gasteiger partial charge in [0, 0.05) is 5.92 Å². The fraction of sp³-hybridized carbons (Fsp3) is 0.500. The van der Waals surface area contributed by atoms with Gasteiger partial charge in [-0.3, -0.25) is 0 Å². The molecule has 1 unspecified atom stereocenters. The number of benzene rings is 1. The van der Waals surface area contributed by atoms with Crippen LogP contribution in [0.3, 0.4) is 0 Å². The lowest BCUT2D eigenvalue weighted by Gasteiger charge is -2.40. The molecule has 1 aliphatic rings. The normalized spacial score (nSPS) is 24.2. The molecule has 18 heavy (non-hydrogen) atoms. The number of allylic oxidation sites excluding steroid dienone is 2. The minimum Gasteiger partial charge on any atom is -0.393 e. The molecule has 1 heterocycles. The second-order valence-electron chi connectivity index (χ2n) is 5.25. The highest BCUT2D eigenvalue weighted by atomic mass is 16.5. The number of ether oxygens (including phenoxy) is 1. The highest BCUT2D eigenvalue weighted by molar-refractivity contribution is 5.20. The summed E-state index contributed by atoms with van der Waals surface area (Å²) in [5.41, 5.74) is 2.49. The van der Waals surface area contributed by atoms with Crippen LogP contribution in [0.15, 0.2) is 42.0 Å². The molecule has 0 amide bonds. The van der Waals surface area contributed by atoms with E-state index in [0.717, 1.165) is 12.8 Å². The van der Waals surface area contributed by atoms with E-state index < -0.39 is 0 Å². The van der Waals surface area contributed by atoms with Crippen LogP contribution < -0.4 is 0 Å². The lowest BCUT2D eigenvalue weighted by Crippen LogP contribution is -2.40. The lowest BCUT2D eigenvalue weighted by molar-refractivity contribution is -0.162. The van der Waals surface area contributed by atoms with Crippen molar-refractivity contribution in [3.63, 3.8) is 0 Å². The van der Waals surface area contributed by atoms with Crippen LogP contribution in [0, 0.1) is 5.92 Å². The maximum Gasteiger partial charge on any atom is 0.0900 e. The van der Waals surface area contributed by atoms with Gasteiger partial charge in [0.25, 0.3) is 0 Å². The van der Waals surface area contributed by atoms with Gasteiger partial charge in [-0.2, -0.15) is 0 Å². The van der Waals surface area contributed by atoms with E-state index in [1.54, 1.807) is 0 Å². The third-order valence-electron chi connectivity index (χ3n) is 3.49. The van der Waals surface area contributed by atoms with Crippen LogP contribution in [-0.4, -0.2) is 17.8 Å². The van der Waals surface area contributed by atoms with E-state index in [0.29, 0.717) is 6.61 Å². The van der Waals surface area contributed by atoms with Crippen molar-refractivity contribution in [3.05, 3.63) is 47.5 Å². The Morgan fingerprint density at radius 3 is 2.67 bits per heavy atom. The van der Waals surface area contributed by atoms with Crippen molar-refractivity contribution in [3.8, 4) is 0 Å². The highest BCUT2D eigenvalue weighted by Crippen LogP contribution is 2.38. The predicted octanol–water partition coefficient (Wildman–Crippen LogP) is 3.48. The Kier molecular flexibility index (Phi) is 4.56. The molecular weight excluding hydrogens is 224 g/mol. The van der Waals surface area contributed by atoms with Crippen molar-refractivity contribution < 1.29 is 9.84 Å². The Labute approximate surface area is 109 Å². The van der Waals surface area contributed by atoms with Gasteiger partial charge >= 0.3 is 0 Å². The molecule has 0 bridgehead atoms. The molecule has 1 N–H and O–H groups in total. The number of hydrogen-bond acceptors (Lipinski definition) is 2. The Morgan fingerprint density at radius 1 is 1.39 bits per heavy atom. The molecule has 0 aliphatic carbocycles. The summed E-state index contributed by atoms with van der Waals surface area (Å²) in [6.45, 7) is 4.85. The first kappa shape index (κ1) is 13.3. The maximum atomic E-state index is 10.2. The molecule has 0 saturated carbocycles. The van der Waals surface area contributed by atoms with Crippen molar-refractivity contribution >= 4 is 0 Å². The van der Waals surface area contributed by atoms with Crippen LogP contribution in [-0.2, 0) is 4.74 Å². The zero-order valence-corrected chi connectivity index (χ0v) is 11.2. The van der Waals surface area contributed by atoms with Gasteiger partial charge in [0.1, 0.15) is 0 Å². The number of aliphatic hydroxyl groups excluding tert-OH is 1. The minimum absolute atomic E-state index is 0.0768. The Hall–Kier alpha value is -1.12. The topological polar surface area (TPSA) is 29.5 Å². The molecule has 1 aromatic rings. The molecule has 1 saturated heterocycles. The first-order valence-electron chi connectivity index (χ1n) is 6.66. The standard InChI is InChI=1S/C16H22O2/c1-12(2)7-6-10-15(17)14-11-18-16(14)13-8-4-3-5-9-13/h3-5,7-9,14-17H,6,10-11H2,1-2H3/t14-,15?,16-/m1/s1. The van der Waals surface area contributed by atoms with Gasteiger partial charge in [-0.25, -0.2) is 0 Å². The fourth-order valence-corrected chi connectivity index (χ4v) is 2.36. The molecule has 1 aliphatic heterocycles. The summed E-state index contributed by atoms with van der Waals surface area (Å²) in [6.07, 6.45) is 3.76. The average Bonchev–Trinajstić information content (AvgIpc) is 2.28. The van der Waals surface area contributed by atoms with Crippen molar-refractivity contribution in [2.45, 2.75) is 38.9 Å². The third kappa shape index (κ3) is 3.21. The quantitative estimate of drug-likeness (QED) is 0.806. The zero-order chi connectivity index (χ0) is 13.0. The molecule has 3 atom stereocenters. The van der Waals surface area contributed by atoms with Gasteiger partial charge in [-0.1, -0.05) is 42.0 Å². The van der Waals surface area contributed by atoms with Crippen molar-refractivity contribution in [1.82, 2.24) is 0 Å². The van der Waals surface area contributed by atoms with Gasteiger partial charge < -0.3 is 9.84 Å². The summed E-state index contributed by atoms with van der Waals surface area (Å²) in [5.74, 6) is 0.248. The molecule has 98 valence electrons. The Bertz CT molecular complexity index is 393. The van der Waals surface area contributed by atoms with Crippen LogP contribution in [0.5, 0.6) is 0 Å². The van der Waals surface area contributed by atoms with Crippen LogP contribution >= 0.6 is 0 Å². The van der Waals surface area contributed by atoms with Gasteiger partial charge in [0.2, 0.25) is 0 Å². The van der Waals surface area contributed by atoms with E-state index in [1.807, 2.05) is 18.2 Å². The summed E-state index contributed by atoms with van der Waals surface area (Å²) in [6, 6.07) is 10.2. The van der Waals surface area contributed by atoms with E-state index in [1.165, 1.54) is 11.1 Å². The van der Waals surface area contributed by atoms with Crippen LogP contribution in [0.2, 0.25) is 0 Å². The van der Waals surface area contributed by atoms with Gasteiger partial charge in [0.05, 0.1) is 18.8 Å². The summed E-state index contributed by atoms with van der Waals surface area (Å²) in [4.78, 5) is 0. The van der Waals surface area contributed by atoms with E-state index in [-0.39, 0.29) is 18.1 Å². The summed E-state index contributed by atoms with van der Waals surface area (Å²) in [7, 11) is 0. The number of aliphatic hydroxyl groups is 1. The summed E-state index contributed by atoms with van der Waals surface area (Å²) >= 11 is 0. The molecule has 2 nitrogen and oxygen atoms in total. The molecule has 0 aromatic heterocycles. The van der Waals surface area contributed by atoms with Crippen molar-refractivity contribution in [1.29, 1.82) is 0 Å². The summed E-state index contributed by atoms with van der Waals surface area (Å²) in [5, 5.41) is 10.2. The van der Waals surface area contributed by atoms with Gasteiger partial charge in [-0.05, 0) is 32.3 Å². The first-order valence-corrected chi connectivity index (χ1v) is 6.66. The maximum absolute atomic E-state index is 10.2. The largest absolute Gasteiger partial charge is 0.393 e. The monoisotopic (exact) mass is 246 g/mol. The SMILES string of the molecule is CC(C)=CCCC(O)[C@H]1CO[C@@H]1c1ccccc1. The Balaban J connectivity index is 1.88. The second kappa shape index (κ2) is 6.17. The molecule has 0 radical (unpaired) electrons. The van der Waals surface area contributed by atoms with E-state index >= 15 is 0 Å². The molecule has 0 spiro atoms. The van der Waals surface area contributed by atoms with E-state index in [9.17, 15) is 5.11 Å². The average molecular weight is 246 g/mol. The minimum atomic E-state index is -0.264. The number of rotatable bonds is 5. The molecular formula is C16H22O2. The molecule has 2 heteroatoms. The van der Waals surface area contributed by atoms with Crippen LogP contribution in [0.1, 0.15) is 38.4 Å². The van der Waals surface area contributed by atoms with Gasteiger partial charge in [-0.15, -0.1) is 0 Å². The van der Waals surface area contributed by atoms with E-state index in [4.69, 9.17) is 4.74 Å². The summed E-state index contributed by atoms with van der Waals surface area (Å²) < 4.78 is 5.60. The Morgan fingerprint density at radius 2 is 2.11 bits per heavy atom. The smallest absolute Gasteiger partial charge is 0.0900 e. The zero-order valence-electron chi connectivity index (χ0n) is 11.2. The first-order chi connectivity index (χ1) is 8.68.